The average Bonchev–Trinajstić information content (AvgIpc) is 3.22. The van der Waals surface area contributed by atoms with Crippen LogP contribution >= 0.6 is 11.8 Å². The smallest absolute Gasteiger partial charge is 0.250 e. The Morgan fingerprint density at radius 3 is 2.44 bits per heavy atom. The number of hydrogen-bond donors (Lipinski definition) is 1. The summed E-state index contributed by atoms with van der Waals surface area (Å²) in [5, 5.41) is 4.94. The van der Waals surface area contributed by atoms with Gasteiger partial charge in [0, 0.05) is 18.8 Å². The first kappa shape index (κ1) is 23.6. The van der Waals surface area contributed by atoms with Gasteiger partial charge >= 0.3 is 0 Å². The van der Waals surface area contributed by atoms with Gasteiger partial charge in [0.2, 0.25) is 0 Å². The van der Waals surface area contributed by atoms with E-state index >= 15 is 0 Å². The lowest BCUT2D eigenvalue weighted by Crippen LogP contribution is -2.21. The highest BCUT2D eigenvalue weighted by Crippen LogP contribution is 2.25. The van der Waals surface area contributed by atoms with Crippen LogP contribution < -0.4 is 10.3 Å². The summed E-state index contributed by atoms with van der Waals surface area (Å²) in [5.41, 5.74) is 7.91. The molecule has 0 bridgehead atoms. The molecule has 3 aromatic carbocycles. The number of rotatable bonds is 10. The molecule has 0 fully saturated rings. The van der Waals surface area contributed by atoms with Gasteiger partial charge in [0.05, 0.1) is 29.5 Å². The second-order valence-electron chi connectivity index (χ2n) is 7.80. The lowest BCUT2D eigenvalue weighted by atomic mass is 10.2. The maximum Gasteiger partial charge on any atom is 0.250 e. The first-order valence-electron chi connectivity index (χ1n) is 11.5. The highest BCUT2D eigenvalue weighted by Gasteiger charge is 2.13. The van der Waals surface area contributed by atoms with E-state index in [2.05, 4.69) is 64.2 Å². The van der Waals surface area contributed by atoms with Gasteiger partial charge < -0.3 is 9.47 Å². The molecule has 1 aromatic heterocycles. The van der Waals surface area contributed by atoms with Crippen molar-refractivity contribution >= 4 is 40.6 Å². The lowest BCUT2D eigenvalue weighted by molar-refractivity contribution is -0.118. The number of imidazole rings is 1. The van der Waals surface area contributed by atoms with Crippen molar-refractivity contribution in [2.45, 2.75) is 25.5 Å². The maximum atomic E-state index is 12.4. The number of carbonyl (C=O) groups excluding carboxylic acids is 1. The minimum Gasteiger partial charge on any atom is -0.372 e. The Labute approximate surface area is 204 Å². The number of amides is 1. The number of aromatic nitrogens is 2. The summed E-state index contributed by atoms with van der Waals surface area (Å²) in [6.07, 6.45) is 1.67. The van der Waals surface area contributed by atoms with Crippen molar-refractivity contribution in [2.24, 2.45) is 5.10 Å². The van der Waals surface area contributed by atoms with Crippen LogP contribution in [-0.2, 0) is 11.3 Å². The predicted octanol–water partition coefficient (Wildman–Crippen LogP) is 5.17. The van der Waals surface area contributed by atoms with Crippen LogP contribution in [0.15, 0.2) is 89.1 Å². The molecular formula is C27H29N5OS. The molecule has 0 saturated carbocycles. The van der Waals surface area contributed by atoms with Gasteiger partial charge in [-0.15, -0.1) is 0 Å². The monoisotopic (exact) mass is 471 g/mol. The molecule has 0 saturated heterocycles. The summed E-state index contributed by atoms with van der Waals surface area (Å²) in [4.78, 5) is 19.5. The number of fused-ring (bicyclic) bond motifs is 1. The lowest BCUT2D eigenvalue weighted by Gasteiger charge is -2.20. The van der Waals surface area contributed by atoms with Crippen molar-refractivity contribution in [1.82, 2.24) is 15.0 Å². The summed E-state index contributed by atoms with van der Waals surface area (Å²) in [7, 11) is 0. The van der Waals surface area contributed by atoms with E-state index in [-0.39, 0.29) is 11.7 Å². The molecule has 0 aliphatic heterocycles. The standard InChI is InChI=1S/C27H29N5OS/c1-3-31(4-2)23-16-14-21(15-17-23)18-28-30-26(33)20-34-27-29-24-12-8-9-13-25(24)32(27)19-22-10-6-5-7-11-22/h5-18H,3-4,19-20H2,1-2H3,(H,30,33). The number of para-hydroxylation sites is 2. The quantitative estimate of drug-likeness (QED) is 0.197. The molecule has 0 atom stereocenters. The summed E-state index contributed by atoms with van der Waals surface area (Å²) >= 11 is 1.42. The second kappa shape index (κ2) is 11.5. The van der Waals surface area contributed by atoms with E-state index in [4.69, 9.17) is 4.98 Å². The second-order valence-corrected chi connectivity index (χ2v) is 8.74. The van der Waals surface area contributed by atoms with Gasteiger partial charge in [-0.25, -0.2) is 10.4 Å². The Hall–Kier alpha value is -3.58. The van der Waals surface area contributed by atoms with Gasteiger partial charge in [-0.3, -0.25) is 4.79 Å². The zero-order chi connectivity index (χ0) is 23.8. The zero-order valence-electron chi connectivity index (χ0n) is 19.5. The number of hydrazone groups is 1. The van der Waals surface area contributed by atoms with Gasteiger partial charge in [-0.1, -0.05) is 66.4 Å². The molecule has 1 N–H and O–H groups in total. The fraction of sp³-hybridized carbons (Fsp3) is 0.222. The van der Waals surface area contributed by atoms with Crippen LogP contribution in [0, 0.1) is 0 Å². The fourth-order valence-corrected chi connectivity index (χ4v) is 4.59. The number of hydrogen-bond acceptors (Lipinski definition) is 5. The topological polar surface area (TPSA) is 62.5 Å². The molecule has 4 rings (SSSR count). The molecule has 1 heterocycles. The van der Waals surface area contributed by atoms with Crippen LogP contribution in [-0.4, -0.2) is 40.5 Å². The Morgan fingerprint density at radius 1 is 1.00 bits per heavy atom. The van der Waals surface area contributed by atoms with E-state index in [1.54, 1.807) is 6.21 Å². The molecule has 6 nitrogen and oxygen atoms in total. The molecule has 4 aromatic rings. The summed E-state index contributed by atoms with van der Waals surface area (Å²) in [6.45, 7) is 6.92. The third-order valence-electron chi connectivity index (χ3n) is 5.56. The van der Waals surface area contributed by atoms with Crippen LogP contribution in [0.2, 0.25) is 0 Å². The van der Waals surface area contributed by atoms with Crippen molar-refractivity contribution in [2.75, 3.05) is 23.7 Å². The molecule has 1 amide bonds. The van der Waals surface area contributed by atoms with Crippen molar-refractivity contribution in [1.29, 1.82) is 0 Å². The third kappa shape index (κ3) is 5.85. The number of nitrogens with zero attached hydrogens (tertiary/aromatic N) is 4. The van der Waals surface area contributed by atoms with E-state index < -0.39 is 0 Å². The van der Waals surface area contributed by atoms with Gasteiger partial charge in [0.25, 0.3) is 5.91 Å². The Morgan fingerprint density at radius 2 is 1.71 bits per heavy atom. The number of benzene rings is 3. The number of anilines is 1. The Bertz CT molecular complexity index is 1250. The van der Waals surface area contributed by atoms with Gasteiger partial charge in [0.15, 0.2) is 5.16 Å². The van der Waals surface area contributed by atoms with E-state index in [1.165, 1.54) is 23.0 Å². The normalized spacial score (nSPS) is 11.2. The largest absolute Gasteiger partial charge is 0.372 e. The van der Waals surface area contributed by atoms with E-state index in [0.717, 1.165) is 34.8 Å². The van der Waals surface area contributed by atoms with Crippen molar-refractivity contribution in [3.8, 4) is 0 Å². The van der Waals surface area contributed by atoms with Crippen LogP contribution in [0.4, 0.5) is 5.69 Å². The number of nitrogens with one attached hydrogen (secondary N) is 1. The maximum absolute atomic E-state index is 12.4. The summed E-state index contributed by atoms with van der Waals surface area (Å²) in [6, 6.07) is 26.5. The van der Waals surface area contributed by atoms with Crippen LogP contribution in [0.25, 0.3) is 11.0 Å². The summed E-state index contributed by atoms with van der Waals surface area (Å²) in [5.74, 6) is 0.0652. The first-order chi connectivity index (χ1) is 16.7. The van der Waals surface area contributed by atoms with E-state index in [9.17, 15) is 4.79 Å². The van der Waals surface area contributed by atoms with Crippen LogP contribution in [0.5, 0.6) is 0 Å². The first-order valence-corrected chi connectivity index (χ1v) is 12.5. The molecule has 7 heteroatoms. The minimum absolute atomic E-state index is 0.167. The zero-order valence-corrected chi connectivity index (χ0v) is 20.3. The van der Waals surface area contributed by atoms with Gasteiger partial charge in [-0.2, -0.15) is 5.10 Å². The van der Waals surface area contributed by atoms with E-state index in [1.807, 2.05) is 48.5 Å². The molecule has 0 aliphatic rings. The highest BCUT2D eigenvalue weighted by molar-refractivity contribution is 7.99. The molecule has 0 radical (unpaired) electrons. The van der Waals surface area contributed by atoms with Gasteiger partial charge in [0.1, 0.15) is 0 Å². The molecular weight excluding hydrogens is 442 g/mol. The van der Waals surface area contributed by atoms with Crippen molar-refractivity contribution in [3.63, 3.8) is 0 Å². The van der Waals surface area contributed by atoms with Crippen molar-refractivity contribution in [3.05, 3.63) is 90.0 Å². The van der Waals surface area contributed by atoms with Crippen molar-refractivity contribution < 1.29 is 4.79 Å². The van der Waals surface area contributed by atoms with Gasteiger partial charge in [-0.05, 0) is 49.2 Å². The summed E-state index contributed by atoms with van der Waals surface area (Å²) < 4.78 is 2.16. The Kier molecular flexibility index (Phi) is 7.99. The van der Waals surface area contributed by atoms with E-state index in [0.29, 0.717) is 6.54 Å². The Balaban J connectivity index is 1.37. The number of thioether (sulfide) groups is 1. The molecule has 0 aliphatic carbocycles. The molecule has 0 unspecified atom stereocenters. The SMILES string of the molecule is CCN(CC)c1ccc(C=NNC(=O)CSc2nc3ccccc3n2Cc2ccccc2)cc1. The molecule has 0 spiro atoms. The van der Waals surface area contributed by atoms with Crippen LogP contribution in [0.1, 0.15) is 25.0 Å². The average molecular weight is 472 g/mol. The highest BCUT2D eigenvalue weighted by atomic mass is 32.2. The molecule has 34 heavy (non-hydrogen) atoms. The molecule has 174 valence electrons. The number of carbonyl (C=O) groups is 1. The third-order valence-corrected chi connectivity index (χ3v) is 6.54. The minimum atomic E-state index is -0.167. The predicted molar refractivity (Wildman–Crippen MR) is 142 cm³/mol. The fourth-order valence-electron chi connectivity index (χ4n) is 3.78. The van der Waals surface area contributed by atoms with Crippen LogP contribution in [0.3, 0.4) is 0 Å².